The van der Waals surface area contributed by atoms with Gasteiger partial charge in [0.05, 0.1) is 0 Å². The number of rotatable bonds is 2. The van der Waals surface area contributed by atoms with Gasteiger partial charge in [0.25, 0.3) is 0 Å². The van der Waals surface area contributed by atoms with Gasteiger partial charge in [0.2, 0.25) is 0 Å². The molecule has 0 amide bonds. The van der Waals surface area contributed by atoms with E-state index >= 15 is 0 Å². The molecule has 0 N–H and O–H groups in total. The fourth-order valence-electron chi connectivity index (χ4n) is 1.56. The van der Waals surface area contributed by atoms with Crippen LogP contribution >= 0.6 is 23.2 Å². The number of halogens is 5. The van der Waals surface area contributed by atoms with Crippen LogP contribution in [0.15, 0.2) is 42.5 Å². The summed E-state index contributed by atoms with van der Waals surface area (Å²) in [4.78, 5) is 0. The maximum absolute atomic E-state index is 12.0. The molecule has 0 saturated heterocycles. The molecule has 0 spiro atoms. The maximum Gasteiger partial charge on any atom is 0.573 e. The highest BCUT2D eigenvalue weighted by Gasteiger charge is 2.30. The summed E-state index contributed by atoms with van der Waals surface area (Å²) in [7, 11) is 0. The monoisotopic (exact) mass is 306 g/mol. The van der Waals surface area contributed by atoms with Crippen molar-refractivity contribution in [1.29, 1.82) is 0 Å². The molecule has 2 rings (SSSR count). The zero-order valence-electron chi connectivity index (χ0n) is 9.34. The summed E-state index contributed by atoms with van der Waals surface area (Å²) in [5.41, 5.74) is 1.36. The van der Waals surface area contributed by atoms with E-state index in [1.165, 1.54) is 24.3 Å². The molecular weight excluding hydrogens is 300 g/mol. The van der Waals surface area contributed by atoms with Crippen molar-refractivity contribution in [2.45, 2.75) is 6.36 Å². The fraction of sp³-hybridized carbons (Fsp3) is 0.0769. The molecule has 0 aliphatic rings. The summed E-state index contributed by atoms with van der Waals surface area (Å²) in [6, 6.07) is 10.4. The summed E-state index contributed by atoms with van der Waals surface area (Å²) in [6.07, 6.45) is -4.70. The zero-order chi connectivity index (χ0) is 14.0. The lowest BCUT2D eigenvalue weighted by atomic mass is 10.1. The SMILES string of the molecule is FC(F)(F)Oc1ccc(-c2ccc(Cl)cc2Cl)cc1. The molecular formula is C13H7Cl2F3O. The summed E-state index contributed by atoms with van der Waals surface area (Å²) in [5, 5.41) is 0.919. The van der Waals surface area contributed by atoms with E-state index in [0.717, 1.165) is 0 Å². The molecule has 6 heteroatoms. The highest BCUT2D eigenvalue weighted by molar-refractivity contribution is 6.36. The van der Waals surface area contributed by atoms with Crippen molar-refractivity contribution in [1.82, 2.24) is 0 Å². The first-order chi connectivity index (χ1) is 8.85. The molecule has 0 heterocycles. The molecule has 0 saturated carbocycles. The van der Waals surface area contributed by atoms with Crippen LogP contribution in [0.1, 0.15) is 0 Å². The lowest BCUT2D eigenvalue weighted by Crippen LogP contribution is -2.16. The highest BCUT2D eigenvalue weighted by atomic mass is 35.5. The number of hydrogen-bond donors (Lipinski definition) is 0. The number of hydrogen-bond acceptors (Lipinski definition) is 1. The second-order valence-electron chi connectivity index (χ2n) is 3.70. The first-order valence-electron chi connectivity index (χ1n) is 5.16. The van der Waals surface area contributed by atoms with Crippen molar-refractivity contribution in [2.24, 2.45) is 0 Å². The first-order valence-corrected chi connectivity index (χ1v) is 5.92. The van der Waals surface area contributed by atoms with E-state index in [9.17, 15) is 13.2 Å². The second-order valence-corrected chi connectivity index (χ2v) is 4.54. The van der Waals surface area contributed by atoms with Crippen LogP contribution in [0.4, 0.5) is 13.2 Å². The van der Waals surface area contributed by atoms with E-state index in [0.29, 0.717) is 21.2 Å². The molecule has 0 aromatic heterocycles. The van der Waals surface area contributed by atoms with E-state index in [4.69, 9.17) is 23.2 Å². The van der Waals surface area contributed by atoms with Crippen LogP contribution in [0.25, 0.3) is 11.1 Å². The Labute approximate surface area is 117 Å². The van der Waals surface area contributed by atoms with Gasteiger partial charge in [-0.05, 0) is 29.8 Å². The predicted molar refractivity (Wildman–Crippen MR) is 68.6 cm³/mol. The normalized spacial score (nSPS) is 11.4. The van der Waals surface area contributed by atoms with Gasteiger partial charge in [-0.3, -0.25) is 0 Å². The topological polar surface area (TPSA) is 9.23 Å². The van der Waals surface area contributed by atoms with Crippen LogP contribution in [0.3, 0.4) is 0 Å². The molecule has 0 bridgehead atoms. The molecule has 2 aromatic carbocycles. The van der Waals surface area contributed by atoms with Gasteiger partial charge >= 0.3 is 6.36 Å². The van der Waals surface area contributed by atoms with Gasteiger partial charge in [-0.25, -0.2) is 0 Å². The Kier molecular flexibility index (Phi) is 3.92. The van der Waals surface area contributed by atoms with Crippen LogP contribution in [-0.2, 0) is 0 Å². The molecule has 0 atom stereocenters. The van der Waals surface area contributed by atoms with Crippen LogP contribution in [0.5, 0.6) is 5.75 Å². The number of benzene rings is 2. The Bertz CT molecular complexity index is 579. The highest BCUT2D eigenvalue weighted by Crippen LogP contribution is 2.32. The average molecular weight is 307 g/mol. The van der Waals surface area contributed by atoms with Gasteiger partial charge in [-0.1, -0.05) is 41.4 Å². The van der Waals surface area contributed by atoms with Gasteiger partial charge in [0.15, 0.2) is 0 Å². The lowest BCUT2D eigenvalue weighted by molar-refractivity contribution is -0.274. The molecule has 1 nitrogen and oxygen atoms in total. The van der Waals surface area contributed by atoms with Gasteiger partial charge in [-0.2, -0.15) is 0 Å². The third kappa shape index (κ3) is 3.78. The third-order valence-corrected chi connectivity index (χ3v) is 2.88. The standard InChI is InChI=1S/C13H7Cl2F3O/c14-9-3-6-11(12(15)7-9)8-1-4-10(5-2-8)19-13(16,17)18/h1-7H. The van der Waals surface area contributed by atoms with Crippen LogP contribution in [0.2, 0.25) is 10.0 Å². The Morgan fingerprint density at radius 2 is 1.53 bits per heavy atom. The minimum Gasteiger partial charge on any atom is -0.406 e. The van der Waals surface area contributed by atoms with Crippen molar-refractivity contribution in [2.75, 3.05) is 0 Å². The van der Waals surface area contributed by atoms with Crippen molar-refractivity contribution in [3.63, 3.8) is 0 Å². The van der Waals surface area contributed by atoms with E-state index in [-0.39, 0.29) is 5.75 Å². The van der Waals surface area contributed by atoms with Gasteiger partial charge < -0.3 is 4.74 Å². The summed E-state index contributed by atoms with van der Waals surface area (Å²) in [6.45, 7) is 0. The number of alkyl halides is 3. The molecule has 0 aliphatic carbocycles. The quantitative estimate of drug-likeness (QED) is 0.706. The van der Waals surface area contributed by atoms with E-state index < -0.39 is 6.36 Å². The molecule has 100 valence electrons. The maximum atomic E-state index is 12.0. The molecule has 2 aromatic rings. The molecule has 19 heavy (non-hydrogen) atoms. The smallest absolute Gasteiger partial charge is 0.406 e. The Balaban J connectivity index is 2.27. The molecule has 0 radical (unpaired) electrons. The molecule has 0 unspecified atom stereocenters. The minimum absolute atomic E-state index is 0.277. The van der Waals surface area contributed by atoms with E-state index in [2.05, 4.69) is 4.74 Å². The van der Waals surface area contributed by atoms with Crippen LogP contribution in [-0.4, -0.2) is 6.36 Å². The summed E-state index contributed by atoms with van der Waals surface area (Å²) < 4.78 is 39.8. The van der Waals surface area contributed by atoms with Crippen LogP contribution in [0, 0.1) is 0 Å². The van der Waals surface area contributed by atoms with Crippen molar-refractivity contribution in [3.8, 4) is 16.9 Å². The Morgan fingerprint density at radius 3 is 2.05 bits per heavy atom. The largest absolute Gasteiger partial charge is 0.573 e. The molecule has 0 aliphatic heterocycles. The van der Waals surface area contributed by atoms with Crippen molar-refractivity contribution in [3.05, 3.63) is 52.5 Å². The summed E-state index contributed by atoms with van der Waals surface area (Å²) in [5.74, 6) is -0.277. The van der Waals surface area contributed by atoms with Gasteiger partial charge in [0, 0.05) is 15.6 Å². The minimum atomic E-state index is -4.70. The fourth-order valence-corrected chi connectivity index (χ4v) is 2.08. The van der Waals surface area contributed by atoms with E-state index in [1.54, 1.807) is 18.2 Å². The van der Waals surface area contributed by atoms with Crippen molar-refractivity contribution >= 4 is 23.2 Å². The third-order valence-electron chi connectivity index (χ3n) is 2.33. The number of ether oxygens (including phenoxy) is 1. The zero-order valence-corrected chi connectivity index (χ0v) is 10.9. The van der Waals surface area contributed by atoms with Gasteiger partial charge in [-0.15, -0.1) is 13.2 Å². The van der Waals surface area contributed by atoms with E-state index in [1.807, 2.05) is 0 Å². The van der Waals surface area contributed by atoms with Crippen molar-refractivity contribution < 1.29 is 17.9 Å². The lowest BCUT2D eigenvalue weighted by Gasteiger charge is -2.10. The Hall–Kier alpha value is -1.39. The second kappa shape index (κ2) is 5.31. The predicted octanol–water partition coefficient (Wildman–Crippen LogP) is 5.56. The van der Waals surface area contributed by atoms with Gasteiger partial charge in [0.1, 0.15) is 5.75 Å². The summed E-state index contributed by atoms with van der Waals surface area (Å²) >= 11 is 11.8. The Morgan fingerprint density at radius 1 is 0.895 bits per heavy atom. The molecule has 0 fully saturated rings. The average Bonchev–Trinajstić information content (AvgIpc) is 2.28. The van der Waals surface area contributed by atoms with Crippen LogP contribution < -0.4 is 4.74 Å². The first kappa shape index (κ1) is 14.0.